The predicted octanol–water partition coefficient (Wildman–Crippen LogP) is 17.7. The van der Waals surface area contributed by atoms with Crippen molar-refractivity contribution in [3.63, 3.8) is 0 Å². The molecule has 3 saturated heterocycles. The van der Waals surface area contributed by atoms with Gasteiger partial charge in [-0.15, -0.1) is 0 Å². The molecule has 11 heterocycles. The second kappa shape index (κ2) is 36.9. The molecule has 6 aliphatic rings. The normalized spacial score (nSPS) is 15.8. The van der Waals surface area contributed by atoms with Gasteiger partial charge < -0.3 is 59.0 Å². The Balaban J connectivity index is 0.000000140. The molecule has 0 unspecified atom stereocenters. The van der Waals surface area contributed by atoms with E-state index in [-0.39, 0.29) is 40.3 Å². The van der Waals surface area contributed by atoms with Crippen LogP contribution in [-0.2, 0) is 40.3 Å². The average Bonchev–Trinajstić information content (AvgIpc) is 1.65. The summed E-state index contributed by atoms with van der Waals surface area (Å²) in [6.45, 7) is 26.2. The van der Waals surface area contributed by atoms with E-state index in [2.05, 4.69) is 161 Å². The summed E-state index contributed by atoms with van der Waals surface area (Å²) in [5, 5.41) is 11.5. The third kappa shape index (κ3) is 18.6. The molecule has 3 aliphatic carbocycles. The molecule has 4 aromatic carbocycles. The van der Waals surface area contributed by atoms with Gasteiger partial charge in [0.1, 0.15) is 88.3 Å². The fourth-order valence-corrected chi connectivity index (χ4v) is 17.8. The van der Waals surface area contributed by atoms with Gasteiger partial charge in [-0.25, -0.2) is 49.7 Å². The van der Waals surface area contributed by atoms with Gasteiger partial charge in [0.15, 0.2) is 12.4 Å². The maximum absolute atomic E-state index is 12.5. The van der Waals surface area contributed by atoms with Crippen LogP contribution in [0.4, 0.5) is 26.2 Å². The molecule has 0 atom stereocenters. The lowest BCUT2D eigenvalue weighted by molar-refractivity contribution is -0.139. The molecule has 654 valence electrons. The second-order valence-corrected chi connectivity index (χ2v) is 34.2. The number of aliphatic carboxylic acids is 1. The number of anilines is 3. The molecular weight excluding hydrogens is 1610 g/mol. The van der Waals surface area contributed by atoms with E-state index >= 15 is 0 Å². The SMILES string of the molecule is CCC(=O)c1ccc(C2=Cc3c(ncnc3N3CCC(C)(c4nc(-c5ccc(OC(F)F)cc5)c(C)[nH]4)CC3)C2)cn1.CCOc1ccc(-c2nc(C3(C)CCN(c4ncnc5c4C=C(c4ccc(C(=O)NC)nc4)C5)CC3)[nH]c2C)cc1C.CCOc1ccc(-c2nc(C3(C)CCN(c4ncnc5c4C=C(c4ccc(OCC(=O)O)cc4)C5)CC3)[nH]c2C)cc1C. The summed E-state index contributed by atoms with van der Waals surface area (Å²) in [6.07, 6.45) is 23.2. The zero-order chi connectivity index (χ0) is 89.0. The molecule has 18 rings (SSSR count). The number of hydrogen-bond acceptors (Lipinski definition) is 21. The molecule has 28 heteroatoms. The number of carboxylic acid groups (broad SMARTS) is 1. The highest BCUT2D eigenvalue weighted by molar-refractivity contribution is 5.97. The van der Waals surface area contributed by atoms with Gasteiger partial charge in [0.2, 0.25) is 0 Å². The van der Waals surface area contributed by atoms with Gasteiger partial charge in [0.25, 0.3) is 5.91 Å². The number of halogens is 2. The number of nitrogens with one attached hydrogen (secondary N) is 4. The summed E-state index contributed by atoms with van der Waals surface area (Å²) >= 11 is 0. The number of imidazole rings is 3. The van der Waals surface area contributed by atoms with E-state index < -0.39 is 12.6 Å². The van der Waals surface area contributed by atoms with E-state index in [0.29, 0.717) is 43.2 Å². The lowest BCUT2D eigenvalue weighted by atomic mass is 9.79. The fourth-order valence-electron chi connectivity index (χ4n) is 17.8. The van der Waals surface area contributed by atoms with Gasteiger partial charge in [-0.1, -0.05) is 52.0 Å². The molecule has 12 aromatic rings. The van der Waals surface area contributed by atoms with E-state index in [1.165, 1.54) is 12.1 Å². The smallest absolute Gasteiger partial charge is 0.387 e. The number of amides is 1. The van der Waals surface area contributed by atoms with Crippen LogP contribution in [0.15, 0.2) is 141 Å². The van der Waals surface area contributed by atoms with Crippen LogP contribution in [0.1, 0.15) is 204 Å². The Hall–Kier alpha value is -13.7. The number of aromatic nitrogens is 14. The molecule has 3 aliphatic heterocycles. The summed E-state index contributed by atoms with van der Waals surface area (Å²) in [6, 6.07) is 34.1. The molecule has 3 fully saturated rings. The number of rotatable bonds is 24. The topological polar surface area (TPSA) is 319 Å². The van der Waals surface area contributed by atoms with Gasteiger partial charge in [-0.2, -0.15) is 8.78 Å². The van der Waals surface area contributed by atoms with Crippen LogP contribution < -0.4 is 39.0 Å². The van der Waals surface area contributed by atoms with Gasteiger partial charge in [-0.3, -0.25) is 19.6 Å². The highest BCUT2D eigenvalue weighted by Gasteiger charge is 2.41. The number of aromatic amines is 3. The number of alkyl halides is 2. The standard InChI is InChI=1S/C34H37N5O4.C33H37N7O2.C32H32F2N6O2/c1-5-42-29-11-8-24(16-21(29)2)31-22(3)37-33(38-31)34(4)12-14-39(15-13-34)32-27-17-25(18-28(27)35-20-36-32)23-6-9-26(10-7-23)43-19-30(40)41;1-6-42-28-10-8-22(15-20(28)2)29-21(3)38-32(39-29)33(4)11-13-40(14-12-33)30-25-16-24(17-27(25)36-19-37-30)23-7-9-26(35-18-23)31(41)34-5;1-4-27(41)25-10-7-21(17-35-25)22-15-24-26(16-22)36-18-37-29(24)40-13-11-32(3,12-14-40)30-38-19(2)28(39-30)20-5-8-23(9-6-20)42-31(33)34/h6-11,16-17,20H,5,12-15,18-19H2,1-4H3,(H,37,38)(H,40,41);7-10,15-16,18-19H,6,11-14,17H2,1-5H3,(H,34,41)(H,38,39);5-10,15,17-18,31H,4,11-14,16H2,1-3H3,(H,38,39). The van der Waals surface area contributed by atoms with Crippen LogP contribution in [0.2, 0.25) is 0 Å². The van der Waals surface area contributed by atoms with Gasteiger partial charge in [0, 0.05) is 151 Å². The first-order valence-electron chi connectivity index (χ1n) is 43.5. The molecule has 0 bridgehead atoms. The summed E-state index contributed by atoms with van der Waals surface area (Å²) in [7, 11) is 1.61. The molecule has 8 aromatic heterocycles. The number of nitrogens with zero attached hydrogens (tertiary/aromatic N) is 14. The lowest BCUT2D eigenvalue weighted by Gasteiger charge is -2.39. The number of benzene rings is 4. The minimum atomic E-state index is -2.85. The third-order valence-electron chi connectivity index (χ3n) is 25.5. The molecule has 0 saturated carbocycles. The van der Waals surface area contributed by atoms with E-state index in [0.717, 1.165) is 266 Å². The maximum atomic E-state index is 12.5. The first-order valence-corrected chi connectivity index (χ1v) is 43.5. The minimum Gasteiger partial charge on any atom is -0.494 e. The van der Waals surface area contributed by atoms with Crippen LogP contribution in [0.3, 0.4) is 0 Å². The zero-order valence-corrected chi connectivity index (χ0v) is 73.8. The van der Waals surface area contributed by atoms with E-state index in [9.17, 15) is 23.2 Å². The molecule has 26 nitrogen and oxygen atoms in total. The van der Waals surface area contributed by atoms with Gasteiger partial charge >= 0.3 is 12.6 Å². The maximum Gasteiger partial charge on any atom is 0.387 e. The van der Waals surface area contributed by atoms with E-state index in [1.807, 2.05) is 64.1 Å². The summed E-state index contributed by atoms with van der Waals surface area (Å²) in [4.78, 5) is 104. The number of aryl methyl sites for hydroxylation is 5. The zero-order valence-electron chi connectivity index (χ0n) is 73.8. The van der Waals surface area contributed by atoms with Crippen LogP contribution in [0.5, 0.6) is 23.0 Å². The Morgan fingerprint density at radius 2 is 0.819 bits per heavy atom. The number of carbonyl (C=O) groups is 3. The second-order valence-electron chi connectivity index (χ2n) is 34.2. The number of H-pyrrole nitrogens is 3. The number of carboxylic acids is 1. The molecule has 1 amide bonds. The van der Waals surface area contributed by atoms with Crippen LogP contribution in [0.25, 0.3) is 68.7 Å². The highest BCUT2D eigenvalue weighted by Crippen LogP contribution is 2.46. The molecule has 5 N–H and O–H groups in total. The Morgan fingerprint density at radius 3 is 1.17 bits per heavy atom. The number of pyridine rings is 2. The molecular formula is C99H106F2N18O8. The summed E-state index contributed by atoms with van der Waals surface area (Å²) < 4.78 is 46.3. The number of Topliss-reactive ketones (excluding diaryl/α,β-unsaturated/α-hetero) is 1. The van der Waals surface area contributed by atoms with Crippen molar-refractivity contribution in [3.8, 4) is 56.8 Å². The van der Waals surface area contributed by atoms with Crippen molar-refractivity contribution >= 4 is 70.1 Å². The van der Waals surface area contributed by atoms with Crippen molar-refractivity contribution in [1.82, 2.24) is 75.1 Å². The largest absolute Gasteiger partial charge is 0.494 e. The lowest BCUT2D eigenvalue weighted by Crippen LogP contribution is -2.42. The quantitative estimate of drug-likeness (QED) is 0.0351. The molecule has 0 radical (unpaired) electrons. The number of fused-ring (bicyclic) bond motifs is 3. The van der Waals surface area contributed by atoms with Crippen molar-refractivity contribution in [2.24, 2.45) is 0 Å². The Kier molecular flexibility index (Phi) is 25.2. The third-order valence-corrected chi connectivity index (χ3v) is 25.5. The van der Waals surface area contributed by atoms with Crippen molar-refractivity contribution in [1.29, 1.82) is 0 Å². The van der Waals surface area contributed by atoms with Gasteiger partial charge in [-0.05, 0) is 235 Å². The number of ketones is 1. The number of hydrogen-bond donors (Lipinski definition) is 5. The molecule has 127 heavy (non-hydrogen) atoms. The number of carbonyl (C=O) groups excluding carboxylic acids is 2. The van der Waals surface area contributed by atoms with Crippen molar-refractivity contribution < 1.29 is 47.2 Å². The number of ether oxygens (including phenoxy) is 4. The van der Waals surface area contributed by atoms with Crippen LogP contribution in [0, 0.1) is 34.6 Å². The van der Waals surface area contributed by atoms with Crippen LogP contribution in [-0.4, -0.2) is 165 Å². The first kappa shape index (κ1) is 86.8. The predicted molar refractivity (Wildman–Crippen MR) is 488 cm³/mol. The highest BCUT2D eigenvalue weighted by atomic mass is 19.3. The number of piperidine rings is 3. The Bertz CT molecular complexity index is 6170. The Labute approximate surface area is 737 Å². The minimum absolute atomic E-state index is 0.0350. The molecule has 0 spiro atoms. The Morgan fingerprint density at radius 1 is 0.457 bits per heavy atom. The van der Waals surface area contributed by atoms with Crippen molar-refractivity contribution in [2.45, 2.75) is 163 Å². The van der Waals surface area contributed by atoms with E-state index in [4.69, 9.17) is 44.2 Å². The van der Waals surface area contributed by atoms with Crippen LogP contribution >= 0.6 is 0 Å². The summed E-state index contributed by atoms with van der Waals surface area (Å²) in [5.41, 5.74) is 24.5. The van der Waals surface area contributed by atoms with Gasteiger partial charge in [0.05, 0.1) is 47.4 Å². The summed E-state index contributed by atoms with van der Waals surface area (Å²) in [5.74, 6) is 7.24. The van der Waals surface area contributed by atoms with E-state index in [1.54, 1.807) is 74.8 Å². The first-order chi connectivity index (χ1) is 61.3. The average molecular weight is 1710 g/mol. The van der Waals surface area contributed by atoms with Crippen molar-refractivity contribution in [3.05, 3.63) is 248 Å². The van der Waals surface area contributed by atoms with Crippen molar-refractivity contribution in [2.75, 3.05) is 80.8 Å². The fraction of sp³-hybridized carbons (Fsp3) is 0.354. The number of allylic oxidation sites excluding steroid dienone is 3. The monoisotopic (exact) mass is 1710 g/mol.